The number of ether oxygens (including phenoxy) is 4. The largest absolute Gasteiger partial charge is 0.373 e. The lowest BCUT2D eigenvalue weighted by molar-refractivity contribution is -0.331. The second-order valence-corrected chi connectivity index (χ2v) is 7.67. The molecule has 1 saturated carbocycles. The van der Waals surface area contributed by atoms with Gasteiger partial charge in [0.1, 0.15) is 11.2 Å². The van der Waals surface area contributed by atoms with Gasteiger partial charge in [-0.2, -0.15) is 0 Å². The third kappa shape index (κ3) is 2.72. The lowest BCUT2D eigenvalue weighted by Crippen LogP contribution is -2.60. The number of hydrogen-bond donors (Lipinski definition) is 0. The summed E-state index contributed by atoms with van der Waals surface area (Å²) < 4.78 is 24.4. The minimum absolute atomic E-state index is 0.171. The Bertz CT molecular complexity index is 572. The Morgan fingerprint density at radius 1 is 1.17 bits per heavy atom. The molecule has 4 rings (SSSR count). The molecule has 2 heterocycles. The van der Waals surface area contributed by atoms with Crippen molar-refractivity contribution in [3.63, 3.8) is 0 Å². The Hall–Kier alpha value is -0.940. The van der Waals surface area contributed by atoms with Gasteiger partial charge in [-0.3, -0.25) is 0 Å². The van der Waals surface area contributed by atoms with E-state index in [-0.39, 0.29) is 23.4 Å². The fraction of sp³-hybridized carbons (Fsp3) is 0.684. The van der Waals surface area contributed by atoms with Gasteiger partial charge in [-0.05, 0) is 26.3 Å². The first-order valence-corrected chi connectivity index (χ1v) is 8.60. The third-order valence-electron chi connectivity index (χ3n) is 5.61. The highest BCUT2D eigenvalue weighted by molar-refractivity contribution is 5.20. The molecule has 1 aliphatic carbocycles. The van der Waals surface area contributed by atoms with Crippen LogP contribution in [0.15, 0.2) is 30.3 Å². The molecule has 0 bridgehead atoms. The molecule has 2 saturated heterocycles. The van der Waals surface area contributed by atoms with Crippen molar-refractivity contribution in [3.05, 3.63) is 35.9 Å². The van der Waals surface area contributed by atoms with E-state index in [9.17, 15) is 0 Å². The number of hydrogen-bond acceptors (Lipinski definition) is 4. The maximum Gasteiger partial charge on any atom is 0.163 e. The van der Waals surface area contributed by atoms with E-state index in [1.165, 1.54) is 5.56 Å². The summed E-state index contributed by atoms with van der Waals surface area (Å²) in [7, 11) is 0. The maximum absolute atomic E-state index is 6.41. The number of rotatable bonds is 3. The summed E-state index contributed by atoms with van der Waals surface area (Å²) in [5.41, 5.74) is 0.736. The highest BCUT2D eigenvalue weighted by Crippen LogP contribution is 2.59. The molecule has 0 N–H and O–H groups in total. The maximum atomic E-state index is 6.41. The van der Waals surface area contributed by atoms with E-state index in [4.69, 9.17) is 18.9 Å². The minimum atomic E-state index is -0.556. The van der Waals surface area contributed by atoms with Gasteiger partial charge in [0.15, 0.2) is 5.79 Å². The smallest absolute Gasteiger partial charge is 0.163 e. The van der Waals surface area contributed by atoms with Crippen LogP contribution < -0.4 is 0 Å². The van der Waals surface area contributed by atoms with Crippen LogP contribution in [0.2, 0.25) is 0 Å². The van der Waals surface area contributed by atoms with Crippen molar-refractivity contribution in [1.29, 1.82) is 0 Å². The molecule has 0 unspecified atom stereocenters. The Labute approximate surface area is 138 Å². The van der Waals surface area contributed by atoms with Crippen LogP contribution in [0.4, 0.5) is 0 Å². The van der Waals surface area contributed by atoms with E-state index in [1.807, 2.05) is 32.0 Å². The average Bonchev–Trinajstić information content (AvgIpc) is 3.18. The van der Waals surface area contributed by atoms with Gasteiger partial charge in [0.2, 0.25) is 0 Å². The number of benzene rings is 1. The zero-order chi connectivity index (χ0) is 16.1. The van der Waals surface area contributed by atoms with Gasteiger partial charge in [0.05, 0.1) is 25.4 Å². The summed E-state index contributed by atoms with van der Waals surface area (Å²) in [6.45, 7) is 7.52. The Balaban J connectivity index is 1.47. The standard InChI is InChI=1S/C19H26O4/c1-17(2)21-10-9-19(23-17)12-15(11-16-18(19,3)22-16)20-13-14-7-5-4-6-8-14/h4-8,15-16H,9-13H2,1-3H3/t15-,16-,18-,19+/m0/s1. The zero-order valence-electron chi connectivity index (χ0n) is 14.2. The Kier molecular flexibility index (Phi) is 3.58. The first kappa shape index (κ1) is 15.6. The zero-order valence-corrected chi connectivity index (χ0v) is 14.2. The molecule has 2 aliphatic heterocycles. The molecular weight excluding hydrogens is 292 g/mol. The van der Waals surface area contributed by atoms with E-state index in [0.717, 1.165) is 19.3 Å². The van der Waals surface area contributed by atoms with Crippen LogP contribution in [0, 0.1) is 0 Å². The number of epoxide rings is 1. The Morgan fingerprint density at radius 2 is 1.96 bits per heavy atom. The van der Waals surface area contributed by atoms with E-state index in [2.05, 4.69) is 19.1 Å². The lowest BCUT2D eigenvalue weighted by atomic mass is 9.72. The van der Waals surface area contributed by atoms with Crippen LogP contribution >= 0.6 is 0 Å². The molecule has 0 radical (unpaired) electrons. The van der Waals surface area contributed by atoms with E-state index in [0.29, 0.717) is 13.2 Å². The molecule has 23 heavy (non-hydrogen) atoms. The van der Waals surface area contributed by atoms with Crippen molar-refractivity contribution in [3.8, 4) is 0 Å². The van der Waals surface area contributed by atoms with Crippen LogP contribution in [0.3, 0.4) is 0 Å². The van der Waals surface area contributed by atoms with Crippen LogP contribution in [0.5, 0.6) is 0 Å². The monoisotopic (exact) mass is 318 g/mol. The van der Waals surface area contributed by atoms with Crippen molar-refractivity contribution in [2.24, 2.45) is 0 Å². The predicted molar refractivity (Wildman–Crippen MR) is 86.0 cm³/mol. The van der Waals surface area contributed by atoms with E-state index < -0.39 is 5.79 Å². The van der Waals surface area contributed by atoms with E-state index in [1.54, 1.807) is 0 Å². The van der Waals surface area contributed by atoms with Crippen molar-refractivity contribution in [2.45, 2.75) is 75.8 Å². The number of fused-ring (bicyclic) bond motifs is 2. The van der Waals surface area contributed by atoms with Gasteiger partial charge in [-0.25, -0.2) is 0 Å². The molecule has 1 aromatic rings. The van der Waals surface area contributed by atoms with Gasteiger partial charge in [0, 0.05) is 19.3 Å². The molecule has 4 heteroatoms. The molecule has 0 amide bonds. The fourth-order valence-corrected chi connectivity index (χ4v) is 4.25. The van der Waals surface area contributed by atoms with Gasteiger partial charge in [-0.1, -0.05) is 30.3 Å². The summed E-state index contributed by atoms with van der Waals surface area (Å²) >= 11 is 0. The lowest BCUT2D eigenvalue weighted by Gasteiger charge is -2.50. The fourth-order valence-electron chi connectivity index (χ4n) is 4.25. The molecule has 1 spiro atoms. The molecule has 3 aliphatic rings. The van der Waals surface area contributed by atoms with Gasteiger partial charge in [-0.15, -0.1) is 0 Å². The quantitative estimate of drug-likeness (QED) is 0.801. The molecular formula is C19H26O4. The normalized spacial score (nSPS) is 41.5. The minimum Gasteiger partial charge on any atom is -0.373 e. The summed E-state index contributed by atoms with van der Waals surface area (Å²) in [5, 5.41) is 0. The SMILES string of the molecule is CC1(C)OCC[C@]2(C[C@@H](OCc3ccccc3)C[C@@H]3O[C@@]32C)O1. The summed E-state index contributed by atoms with van der Waals surface area (Å²) in [5.74, 6) is -0.556. The predicted octanol–water partition coefficient (Wildman–Crippen LogP) is 3.43. The topological polar surface area (TPSA) is 40.2 Å². The first-order valence-electron chi connectivity index (χ1n) is 8.60. The second kappa shape index (κ2) is 5.28. The second-order valence-electron chi connectivity index (χ2n) is 7.67. The van der Waals surface area contributed by atoms with Gasteiger partial charge >= 0.3 is 0 Å². The molecule has 4 atom stereocenters. The molecule has 1 aromatic carbocycles. The summed E-state index contributed by atoms with van der Waals surface area (Å²) in [6, 6.07) is 10.3. The highest BCUT2D eigenvalue weighted by atomic mass is 16.7. The van der Waals surface area contributed by atoms with Crippen molar-refractivity contribution in [1.82, 2.24) is 0 Å². The van der Waals surface area contributed by atoms with Crippen molar-refractivity contribution < 1.29 is 18.9 Å². The van der Waals surface area contributed by atoms with Gasteiger partial charge in [0.25, 0.3) is 0 Å². The molecule has 4 nitrogen and oxygen atoms in total. The summed E-state index contributed by atoms with van der Waals surface area (Å²) in [4.78, 5) is 0. The first-order chi connectivity index (χ1) is 10.9. The van der Waals surface area contributed by atoms with Gasteiger partial charge < -0.3 is 18.9 Å². The third-order valence-corrected chi connectivity index (χ3v) is 5.61. The summed E-state index contributed by atoms with van der Waals surface area (Å²) in [6.07, 6.45) is 3.11. The Morgan fingerprint density at radius 3 is 2.70 bits per heavy atom. The molecule has 126 valence electrons. The van der Waals surface area contributed by atoms with Crippen LogP contribution in [0.25, 0.3) is 0 Å². The van der Waals surface area contributed by atoms with Crippen LogP contribution in [-0.4, -0.2) is 35.8 Å². The van der Waals surface area contributed by atoms with E-state index >= 15 is 0 Å². The van der Waals surface area contributed by atoms with Crippen molar-refractivity contribution in [2.75, 3.05) is 6.61 Å². The van der Waals surface area contributed by atoms with Crippen LogP contribution in [-0.2, 0) is 25.6 Å². The van der Waals surface area contributed by atoms with Crippen LogP contribution in [0.1, 0.15) is 45.6 Å². The molecule has 3 fully saturated rings. The average molecular weight is 318 g/mol. The highest BCUT2D eigenvalue weighted by Gasteiger charge is 2.71. The van der Waals surface area contributed by atoms with Crippen molar-refractivity contribution >= 4 is 0 Å². The molecule has 0 aromatic heterocycles.